The summed E-state index contributed by atoms with van der Waals surface area (Å²) in [7, 11) is 0. The summed E-state index contributed by atoms with van der Waals surface area (Å²) in [6, 6.07) is 6.00. The first kappa shape index (κ1) is 13.1. The van der Waals surface area contributed by atoms with Crippen LogP contribution in [0.4, 0.5) is 0 Å². The number of rotatable bonds is 1. The van der Waals surface area contributed by atoms with Crippen molar-refractivity contribution in [3.05, 3.63) is 28.8 Å². The van der Waals surface area contributed by atoms with Crippen molar-refractivity contribution in [2.24, 2.45) is 0 Å². The second-order valence-electron chi connectivity index (χ2n) is 1.96. The number of halogens is 1. The molecule has 1 atom stereocenters. The van der Waals surface area contributed by atoms with Gasteiger partial charge in [0, 0.05) is 4.90 Å². The fraction of sp³-hybridized carbons (Fsp3) is 0. The normalized spacial score (nSPS) is 11.2. The van der Waals surface area contributed by atoms with Crippen LogP contribution >= 0.6 is 11.6 Å². The molecule has 0 radical (unpaired) electrons. The van der Waals surface area contributed by atoms with E-state index in [0.29, 0.717) is 0 Å². The van der Waals surface area contributed by atoms with Crippen LogP contribution in [0.25, 0.3) is 0 Å². The molecular weight excluding hydrogens is 221 g/mol. The molecule has 1 rings (SSSR count). The minimum atomic E-state index is -2.41. The van der Waals surface area contributed by atoms with Gasteiger partial charge in [0.2, 0.25) is 0 Å². The Kier molecular flexibility index (Phi) is 5.81. The van der Waals surface area contributed by atoms with Crippen molar-refractivity contribution in [1.29, 1.82) is 5.26 Å². The molecule has 0 saturated heterocycles. The minimum absolute atomic E-state index is 0. The first-order valence-electron chi connectivity index (χ1n) is 2.94. The first-order valence-corrected chi connectivity index (χ1v) is 4.40. The topological polar surface area (TPSA) is 63.9 Å². The maximum Gasteiger partial charge on any atom is 1.00 e. The average Bonchev–Trinajstić information content (AvgIpc) is 2.03. The van der Waals surface area contributed by atoms with Gasteiger partial charge in [0.25, 0.3) is 0 Å². The molecule has 1 unspecified atom stereocenters. The third kappa shape index (κ3) is 3.06. The van der Waals surface area contributed by atoms with Crippen LogP contribution in [0.15, 0.2) is 23.1 Å². The SMILES string of the molecule is N#Cc1c(Cl)cccc1S(=O)[O-].[Na+]. The maximum absolute atomic E-state index is 10.5. The molecule has 0 saturated carbocycles. The molecule has 0 N–H and O–H groups in total. The zero-order valence-corrected chi connectivity index (χ0v) is 10.4. The number of nitrogens with zero attached hydrogens (tertiary/aromatic N) is 1. The summed E-state index contributed by atoms with van der Waals surface area (Å²) in [4.78, 5) is -0.0648. The van der Waals surface area contributed by atoms with Gasteiger partial charge in [-0.25, -0.2) is 0 Å². The van der Waals surface area contributed by atoms with Gasteiger partial charge >= 0.3 is 29.6 Å². The summed E-state index contributed by atoms with van der Waals surface area (Å²) in [6.45, 7) is 0. The van der Waals surface area contributed by atoms with Gasteiger partial charge in [-0.05, 0) is 23.2 Å². The molecule has 0 aliphatic heterocycles. The van der Waals surface area contributed by atoms with Gasteiger partial charge < -0.3 is 4.55 Å². The Labute approximate surface area is 105 Å². The average molecular weight is 224 g/mol. The Bertz CT molecular complexity index is 377. The van der Waals surface area contributed by atoms with Crippen LogP contribution in [0.1, 0.15) is 5.56 Å². The van der Waals surface area contributed by atoms with Gasteiger partial charge in [0.1, 0.15) is 6.07 Å². The fourth-order valence-corrected chi connectivity index (χ4v) is 1.54. The molecule has 62 valence electrons. The van der Waals surface area contributed by atoms with Gasteiger partial charge in [0.05, 0.1) is 10.6 Å². The quantitative estimate of drug-likeness (QED) is 0.428. The summed E-state index contributed by atoms with van der Waals surface area (Å²) in [5.41, 5.74) is -0.00694. The van der Waals surface area contributed by atoms with Crippen molar-refractivity contribution in [2.45, 2.75) is 4.90 Å². The van der Waals surface area contributed by atoms with Gasteiger partial charge in [-0.15, -0.1) is 0 Å². The maximum atomic E-state index is 10.5. The molecule has 3 nitrogen and oxygen atoms in total. The standard InChI is InChI=1S/C7H4ClNO2S.Na/c8-6-2-1-3-7(12(10)11)5(6)4-9;/h1-3H,(H,10,11);/q;+1/p-1. The van der Waals surface area contributed by atoms with Crippen molar-refractivity contribution in [3.63, 3.8) is 0 Å². The Morgan fingerprint density at radius 3 is 2.54 bits per heavy atom. The van der Waals surface area contributed by atoms with E-state index in [2.05, 4.69) is 0 Å². The van der Waals surface area contributed by atoms with E-state index < -0.39 is 11.1 Å². The summed E-state index contributed by atoms with van der Waals surface area (Å²) in [6.07, 6.45) is 0. The molecule has 0 bridgehead atoms. The van der Waals surface area contributed by atoms with E-state index in [4.69, 9.17) is 16.9 Å². The zero-order chi connectivity index (χ0) is 9.14. The summed E-state index contributed by atoms with van der Waals surface area (Å²) >= 11 is 3.17. The molecule has 1 aromatic carbocycles. The van der Waals surface area contributed by atoms with Crippen LogP contribution in [0, 0.1) is 11.3 Å². The first-order chi connectivity index (χ1) is 5.66. The van der Waals surface area contributed by atoms with E-state index in [0.717, 1.165) is 0 Å². The predicted molar refractivity (Wildman–Crippen MR) is 43.4 cm³/mol. The summed E-state index contributed by atoms with van der Waals surface area (Å²) in [5.74, 6) is 0. The molecule has 0 spiro atoms. The van der Waals surface area contributed by atoms with Crippen LogP contribution in [0.3, 0.4) is 0 Å². The van der Waals surface area contributed by atoms with Crippen molar-refractivity contribution in [3.8, 4) is 6.07 Å². The van der Waals surface area contributed by atoms with Crippen molar-refractivity contribution >= 4 is 22.7 Å². The largest absolute Gasteiger partial charge is 1.00 e. The zero-order valence-electron chi connectivity index (χ0n) is 6.78. The molecule has 0 aromatic heterocycles. The molecule has 13 heavy (non-hydrogen) atoms. The van der Waals surface area contributed by atoms with Gasteiger partial charge in [0.15, 0.2) is 0 Å². The van der Waals surface area contributed by atoms with E-state index in [1.54, 1.807) is 6.07 Å². The van der Waals surface area contributed by atoms with Crippen molar-refractivity contribution in [2.75, 3.05) is 0 Å². The third-order valence-electron chi connectivity index (χ3n) is 1.27. The molecule has 0 heterocycles. The summed E-state index contributed by atoms with van der Waals surface area (Å²) < 4.78 is 21.0. The summed E-state index contributed by atoms with van der Waals surface area (Å²) in [5, 5.41) is 8.69. The number of hydrogen-bond acceptors (Lipinski definition) is 3. The van der Waals surface area contributed by atoms with E-state index in [1.807, 2.05) is 0 Å². The van der Waals surface area contributed by atoms with Gasteiger partial charge in [-0.1, -0.05) is 17.7 Å². The predicted octanol–water partition coefficient (Wildman–Crippen LogP) is -1.55. The van der Waals surface area contributed by atoms with Crippen LogP contribution in [-0.2, 0) is 11.1 Å². The van der Waals surface area contributed by atoms with Gasteiger partial charge in [-0.2, -0.15) is 5.26 Å². The fourth-order valence-electron chi connectivity index (χ4n) is 0.752. The molecule has 0 aliphatic rings. The van der Waals surface area contributed by atoms with Gasteiger partial charge in [-0.3, -0.25) is 4.21 Å². The van der Waals surface area contributed by atoms with Crippen molar-refractivity contribution < 1.29 is 38.3 Å². The third-order valence-corrected chi connectivity index (χ3v) is 2.28. The number of benzene rings is 1. The Hall–Kier alpha value is 0.110. The monoisotopic (exact) mass is 223 g/mol. The smallest absolute Gasteiger partial charge is 0.768 e. The van der Waals surface area contributed by atoms with Crippen LogP contribution < -0.4 is 29.6 Å². The molecule has 0 aliphatic carbocycles. The number of nitriles is 1. The van der Waals surface area contributed by atoms with E-state index >= 15 is 0 Å². The van der Waals surface area contributed by atoms with Crippen LogP contribution in [-0.4, -0.2) is 8.76 Å². The Balaban J connectivity index is 0.00000144. The van der Waals surface area contributed by atoms with Crippen LogP contribution in [0.5, 0.6) is 0 Å². The second kappa shape index (κ2) is 5.76. The van der Waals surface area contributed by atoms with E-state index in [9.17, 15) is 8.76 Å². The Morgan fingerprint density at radius 1 is 1.54 bits per heavy atom. The molecule has 0 amide bonds. The molecule has 6 heteroatoms. The van der Waals surface area contributed by atoms with E-state index in [1.165, 1.54) is 18.2 Å². The number of hydrogen-bond donors (Lipinski definition) is 0. The van der Waals surface area contributed by atoms with Crippen molar-refractivity contribution in [1.82, 2.24) is 0 Å². The molecule has 0 fully saturated rings. The molecule has 1 aromatic rings. The Morgan fingerprint density at radius 2 is 2.15 bits per heavy atom. The second-order valence-corrected chi connectivity index (χ2v) is 3.28. The minimum Gasteiger partial charge on any atom is -0.768 e. The van der Waals surface area contributed by atoms with E-state index in [-0.39, 0.29) is 45.0 Å². The van der Waals surface area contributed by atoms with Crippen LogP contribution in [0.2, 0.25) is 5.02 Å². The molecular formula is C7H3ClNNaO2S.